The lowest BCUT2D eigenvalue weighted by Crippen LogP contribution is -2.40. The Hall–Kier alpha value is -3.35. The average molecular weight is 437 g/mol. The predicted octanol–water partition coefficient (Wildman–Crippen LogP) is 5.31. The van der Waals surface area contributed by atoms with E-state index in [4.69, 9.17) is 9.84 Å². The summed E-state index contributed by atoms with van der Waals surface area (Å²) in [5, 5.41) is 7.73. The van der Waals surface area contributed by atoms with Crippen LogP contribution in [0.15, 0.2) is 54.6 Å². The Morgan fingerprint density at radius 2 is 1.97 bits per heavy atom. The van der Waals surface area contributed by atoms with Crippen molar-refractivity contribution in [1.82, 2.24) is 20.0 Å². The van der Waals surface area contributed by atoms with E-state index in [2.05, 4.69) is 5.32 Å². The summed E-state index contributed by atoms with van der Waals surface area (Å²) >= 11 is 0. The number of carbonyl (C=O) groups is 1. The fourth-order valence-electron chi connectivity index (χ4n) is 3.70. The van der Waals surface area contributed by atoms with Gasteiger partial charge in [0, 0.05) is 19.2 Å². The average Bonchev–Trinajstić information content (AvgIpc) is 3.55. The number of amides is 2. The first-order chi connectivity index (χ1) is 15.6. The maximum absolute atomic E-state index is 13.9. The van der Waals surface area contributed by atoms with Gasteiger partial charge in [-0.2, -0.15) is 5.10 Å². The Balaban J connectivity index is 1.76. The standard InChI is InChI=1S/C25H29FN4O2/c1-3-23-22(17-29(16-18-13-14-18)25(31)27-4-2)24(32-21-12-8-9-19(26)15-21)30(28-23)20-10-6-5-7-11-20/h5-12,15,18H,3-4,13-14,16-17H2,1-2H3,(H,27,31). The smallest absolute Gasteiger partial charge is 0.317 e. The molecule has 2 aromatic carbocycles. The fraction of sp³-hybridized carbons (Fsp3) is 0.360. The van der Waals surface area contributed by atoms with Crippen LogP contribution in [0.2, 0.25) is 0 Å². The largest absolute Gasteiger partial charge is 0.438 e. The number of carbonyl (C=O) groups excluding carboxylic acids is 1. The second-order valence-corrected chi connectivity index (χ2v) is 8.05. The highest BCUT2D eigenvalue weighted by atomic mass is 19.1. The second kappa shape index (κ2) is 9.85. The van der Waals surface area contributed by atoms with Crippen molar-refractivity contribution in [2.24, 2.45) is 5.92 Å². The van der Waals surface area contributed by atoms with Crippen molar-refractivity contribution in [3.63, 3.8) is 0 Å². The highest BCUT2D eigenvalue weighted by Crippen LogP contribution is 2.34. The van der Waals surface area contributed by atoms with Gasteiger partial charge in [-0.25, -0.2) is 13.9 Å². The third-order valence-corrected chi connectivity index (χ3v) is 5.51. The number of para-hydroxylation sites is 1. The quantitative estimate of drug-likeness (QED) is 0.495. The summed E-state index contributed by atoms with van der Waals surface area (Å²) in [6.45, 7) is 5.59. The van der Waals surface area contributed by atoms with Crippen LogP contribution in [-0.2, 0) is 13.0 Å². The summed E-state index contributed by atoms with van der Waals surface area (Å²) in [6.07, 6.45) is 2.97. The lowest BCUT2D eigenvalue weighted by molar-refractivity contribution is 0.192. The van der Waals surface area contributed by atoms with Gasteiger partial charge < -0.3 is 15.0 Å². The number of rotatable bonds is 9. The van der Waals surface area contributed by atoms with Crippen LogP contribution in [0.5, 0.6) is 11.6 Å². The van der Waals surface area contributed by atoms with Crippen LogP contribution in [0.25, 0.3) is 5.69 Å². The minimum atomic E-state index is -0.372. The third kappa shape index (κ3) is 5.10. The number of aryl methyl sites for hydroxylation is 1. The number of hydrogen-bond donors (Lipinski definition) is 1. The number of nitrogens with zero attached hydrogens (tertiary/aromatic N) is 3. The molecule has 3 aromatic rings. The molecule has 1 aromatic heterocycles. The summed E-state index contributed by atoms with van der Waals surface area (Å²) in [6, 6.07) is 15.7. The number of aromatic nitrogens is 2. The van der Waals surface area contributed by atoms with Gasteiger partial charge in [0.1, 0.15) is 11.6 Å². The zero-order valence-corrected chi connectivity index (χ0v) is 18.6. The van der Waals surface area contributed by atoms with Gasteiger partial charge in [-0.15, -0.1) is 0 Å². The van der Waals surface area contributed by atoms with Crippen LogP contribution in [-0.4, -0.2) is 33.8 Å². The maximum Gasteiger partial charge on any atom is 0.317 e. The molecule has 0 spiro atoms. The molecule has 168 valence electrons. The van der Waals surface area contributed by atoms with Gasteiger partial charge in [-0.05, 0) is 56.4 Å². The topological polar surface area (TPSA) is 59.4 Å². The van der Waals surface area contributed by atoms with Crippen molar-refractivity contribution in [3.05, 3.63) is 71.7 Å². The Bertz CT molecular complexity index is 1060. The van der Waals surface area contributed by atoms with E-state index >= 15 is 0 Å². The molecule has 1 fully saturated rings. The van der Waals surface area contributed by atoms with Gasteiger partial charge >= 0.3 is 6.03 Å². The number of halogens is 1. The van der Waals surface area contributed by atoms with E-state index in [0.717, 1.165) is 29.8 Å². The summed E-state index contributed by atoms with van der Waals surface area (Å²) in [5.74, 6) is 1.06. The molecule has 0 bridgehead atoms. The van der Waals surface area contributed by atoms with Crippen LogP contribution in [0.3, 0.4) is 0 Å². The molecule has 4 rings (SSSR count). The first-order valence-corrected chi connectivity index (χ1v) is 11.2. The van der Waals surface area contributed by atoms with Gasteiger partial charge in [0.2, 0.25) is 5.88 Å². The Kier molecular flexibility index (Phi) is 6.73. The van der Waals surface area contributed by atoms with Crippen molar-refractivity contribution < 1.29 is 13.9 Å². The number of ether oxygens (including phenoxy) is 1. The van der Waals surface area contributed by atoms with E-state index < -0.39 is 0 Å². The molecule has 1 aliphatic rings. The molecular formula is C25H29FN4O2. The first-order valence-electron chi connectivity index (χ1n) is 11.2. The summed E-state index contributed by atoms with van der Waals surface area (Å²) < 4.78 is 21.8. The van der Waals surface area contributed by atoms with Crippen LogP contribution in [0, 0.1) is 11.7 Å². The van der Waals surface area contributed by atoms with E-state index in [0.29, 0.717) is 43.6 Å². The molecule has 7 heteroatoms. The third-order valence-electron chi connectivity index (χ3n) is 5.51. The highest BCUT2D eigenvalue weighted by Gasteiger charge is 2.29. The van der Waals surface area contributed by atoms with E-state index in [9.17, 15) is 9.18 Å². The Morgan fingerprint density at radius 1 is 1.19 bits per heavy atom. The molecule has 1 N–H and O–H groups in total. The van der Waals surface area contributed by atoms with Gasteiger partial charge in [0.05, 0.1) is 23.5 Å². The van der Waals surface area contributed by atoms with E-state index in [1.54, 1.807) is 16.8 Å². The molecule has 2 amide bonds. The lowest BCUT2D eigenvalue weighted by Gasteiger charge is -2.23. The number of nitrogens with one attached hydrogen (secondary N) is 1. The molecule has 0 saturated heterocycles. The first kappa shape index (κ1) is 21.9. The molecule has 1 saturated carbocycles. The molecular weight excluding hydrogens is 407 g/mol. The van der Waals surface area contributed by atoms with E-state index in [-0.39, 0.29) is 11.8 Å². The summed E-state index contributed by atoms with van der Waals surface area (Å²) in [7, 11) is 0. The summed E-state index contributed by atoms with van der Waals surface area (Å²) in [5.41, 5.74) is 2.53. The van der Waals surface area contributed by atoms with Crippen molar-refractivity contribution in [2.75, 3.05) is 13.1 Å². The van der Waals surface area contributed by atoms with Crippen LogP contribution in [0.4, 0.5) is 9.18 Å². The Morgan fingerprint density at radius 3 is 2.62 bits per heavy atom. The molecule has 0 aliphatic heterocycles. The zero-order valence-electron chi connectivity index (χ0n) is 18.6. The van der Waals surface area contributed by atoms with Crippen LogP contribution in [0.1, 0.15) is 37.9 Å². The van der Waals surface area contributed by atoms with Crippen molar-refractivity contribution in [1.29, 1.82) is 0 Å². The van der Waals surface area contributed by atoms with Crippen molar-refractivity contribution >= 4 is 6.03 Å². The number of hydrogen-bond acceptors (Lipinski definition) is 3. The van der Waals surface area contributed by atoms with E-state index in [1.165, 1.54) is 12.1 Å². The molecule has 0 radical (unpaired) electrons. The molecule has 1 heterocycles. The van der Waals surface area contributed by atoms with Gasteiger partial charge in [-0.1, -0.05) is 31.2 Å². The second-order valence-electron chi connectivity index (χ2n) is 8.05. The molecule has 32 heavy (non-hydrogen) atoms. The van der Waals surface area contributed by atoms with Gasteiger partial charge in [0.25, 0.3) is 0 Å². The fourth-order valence-corrected chi connectivity index (χ4v) is 3.70. The summed E-state index contributed by atoms with van der Waals surface area (Å²) in [4.78, 5) is 14.6. The Labute approximate surface area is 188 Å². The normalized spacial score (nSPS) is 13.1. The maximum atomic E-state index is 13.9. The lowest BCUT2D eigenvalue weighted by atomic mass is 10.1. The van der Waals surface area contributed by atoms with Crippen LogP contribution >= 0.6 is 0 Å². The zero-order chi connectivity index (χ0) is 22.5. The van der Waals surface area contributed by atoms with Crippen molar-refractivity contribution in [3.8, 4) is 17.3 Å². The number of benzene rings is 2. The van der Waals surface area contributed by atoms with Crippen molar-refractivity contribution in [2.45, 2.75) is 39.7 Å². The highest BCUT2D eigenvalue weighted by molar-refractivity contribution is 5.74. The minimum absolute atomic E-state index is 0.0920. The minimum Gasteiger partial charge on any atom is -0.438 e. The molecule has 0 unspecified atom stereocenters. The molecule has 0 atom stereocenters. The van der Waals surface area contributed by atoms with E-state index in [1.807, 2.05) is 49.1 Å². The number of urea groups is 1. The molecule has 6 nitrogen and oxygen atoms in total. The SMILES string of the molecule is CCNC(=O)N(Cc1c(CC)nn(-c2ccccc2)c1Oc1cccc(F)c1)CC1CC1. The van der Waals surface area contributed by atoms with Gasteiger partial charge in [-0.3, -0.25) is 0 Å². The van der Waals surface area contributed by atoms with Gasteiger partial charge in [0.15, 0.2) is 0 Å². The van der Waals surface area contributed by atoms with Crippen LogP contribution < -0.4 is 10.1 Å². The molecule has 1 aliphatic carbocycles. The predicted molar refractivity (Wildman–Crippen MR) is 122 cm³/mol. The monoisotopic (exact) mass is 436 g/mol.